The van der Waals surface area contributed by atoms with Crippen LogP contribution in [0, 0.1) is 0 Å². The Balaban J connectivity index is 4.34. The second-order valence-corrected chi connectivity index (χ2v) is 15.4. The van der Waals surface area contributed by atoms with Gasteiger partial charge in [-0.1, -0.05) is 71.1 Å². The second kappa shape index (κ2) is 38.2. The molecule has 0 bridgehead atoms. The molecule has 0 saturated carbocycles. The molecule has 0 aliphatic carbocycles. The van der Waals surface area contributed by atoms with Gasteiger partial charge in [0.2, 0.25) is 35.4 Å². The molecule has 6 amide bonds. The number of primary amides is 1. The zero-order valence-corrected chi connectivity index (χ0v) is 35.6. The minimum atomic E-state index is -0.658. The van der Waals surface area contributed by atoms with Crippen molar-refractivity contribution < 1.29 is 28.8 Å². The average Bonchev–Trinajstić information content (AvgIpc) is 3.18. The van der Waals surface area contributed by atoms with E-state index in [1.165, 1.54) is 6.42 Å². The van der Waals surface area contributed by atoms with Crippen molar-refractivity contribution in [2.45, 2.75) is 198 Å². The Hall–Kier alpha value is -3.30. The summed E-state index contributed by atoms with van der Waals surface area (Å²) in [5.41, 5.74) is 22.2. The van der Waals surface area contributed by atoms with Crippen molar-refractivity contribution in [3.05, 3.63) is 0 Å². The summed E-state index contributed by atoms with van der Waals surface area (Å²) in [5, 5.41) is 14.5. The number of hydrogen-bond acceptors (Lipinski definition) is 9. The van der Waals surface area contributed by atoms with Gasteiger partial charge >= 0.3 is 0 Å². The fraction of sp³-hybridized carbons (Fsp3) is 0.857. The summed E-state index contributed by atoms with van der Waals surface area (Å²) in [7, 11) is 0. The smallest absolute Gasteiger partial charge is 0.242 e. The molecule has 13 N–H and O–H groups in total. The lowest BCUT2D eigenvalue weighted by Crippen LogP contribution is -2.47. The lowest BCUT2D eigenvalue weighted by Gasteiger charge is -2.19. The molecule has 57 heavy (non-hydrogen) atoms. The fourth-order valence-corrected chi connectivity index (χ4v) is 6.54. The van der Waals surface area contributed by atoms with Gasteiger partial charge in [0, 0.05) is 32.4 Å². The first-order valence-electron chi connectivity index (χ1n) is 22.4. The van der Waals surface area contributed by atoms with E-state index >= 15 is 0 Å². The lowest BCUT2D eigenvalue weighted by atomic mass is 10.1. The average molecular weight is 810 g/mol. The third-order valence-corrected chi connectivity index (χ3v) is 10.1. The fourth-order valence-electron chi connectivity index (χ4n) is 6.54. The minimum absolute atomic E-state index is 0.0705. The summed E-state index contributed by atoms with van der Waals surface area (Å²) in [6.07, 6.45) is 21.1. The lowest BCUT2D eigenvalue weighted by molar-refractivity contribution is -0.129. The van der Waals surface area contributed by atoms with E-state index < -0.39 is 24.0 Å². The quantitative estimate of drug-likeness (QED) is 0.0409. The highest BCUT2D eigenvalue weighted by atomic mass is 16.2. The molecule has 0 fully saturated rings. The van der Waals surface area contributed by atoms with Crippen LogP contribution in [0.2, 0.25) is 0 Å². The van der Waals surface area contributed by atoms with Crippen molar-refractivity contribution in [3.8, 4) is 0 Å². The Labute approximate surface area is 344 Å². The van der Waals surface area contributed by atoms with Crippen LogP contribution >= 0.6 is 0 Å². The largest absolute Gasteiger partial charge is 0.368 e. The van der Waals surface area contributed by atoms with Crippen LogP contribution in [-0.4, -0.2) is 86.3 Å². The maximum absolute atomic E-state index is 13.0. The molecule has 0 spiro atoms. The van der Waals surface area contributed by atoms with Gasteiger partial charge in [-0.25, -0.2) is 0 Å². The van der Waals surface area contributed by atoms with E-state index in [0.717, 1.165) is 116 Å². The van der Waals surface area contributed by atoms with Gasteiger partial charge in [0.1, 0.15) is 18.1 Å². The summed E-state index contributed by atoms with van der Waals surface area (Å²) < 4.78 is 0. The van der Waals surface area contributed by atoms with Crippen LogP contribution in [-0.2, 0) is 28.8 Å². The molecular weight excluding hydrogens is 727 g/mol. The van der Waals surface area contributed by atoms with Crippen LogP contribution < -0.4 is 49.5 Å². The van der Waals surface area contributed by atoms with Gasteiger partial charge in [-0.05, 0) is 110 Å². The molecule has 0 unspecified atom stereocenters. The van der Waals surface area contributed by atoms with Crippen LogP contribution in [0.3, 0.4) is 0 Å². The number of rotatable bonds is 40. The standard InChI is InChI=1S/C42H83N9O6/c1-2-3-4-7-12-27-38(53)50-35(24-16-19-30-44)41(56)47-33-22-11-6-9-14-28-39(54)51-36(25-17-20-31-45)42(57)48-32-21-10-5-8-13-26-37(52)49-34(40(46)55)23-15-18-29-43/h34-36H,2-33,43-45H2,1H3,(H2,46,55)(H,47,56)(H,48,57)(H,49,52)(H,50,53)(H,51,54)/t34-,35-,36-/m0/s1. The van der Waals surface area contributed by atoms with Crippen molar-refractivity contribution in [2.75, 3.05) is 32.7 Å². The van der Waals surface area contributed by atoms with Crippen LogP contribution in [0.25, 0.3) is 0 Å². The van der Waals surface area contributed by atoms with Gasteiger partial charge in [-0.3, -0.25) is 28.8 Å². The molecule has 0 heterocycles. The molecule has 15 nitrogen and oxygen atoms in total. The molecule has 0 radical (unpaired) electrons. The highest BCUT2D eigenvalue weighted by Crippen LogP contribution is 2.10. The molecule has 0 aromatic rings. The SMILES string of the molecule is CCCCCCCC(=O)N[C@@H](CCCCN)C(=O)NCCCCCCCC(=O)N[C@@H](CCCCN)C(=O)NCCCCCCCC(=O)N[C@@H](CCCCN)C(N)=O. The summed E-state index contributed by atoms with van der Waals surface area (Å²) in [4.78, 5) is 74.9. The highest BCUT2D eigenvalue weighted by Gasteiger charge is 2.21. The van der Waals surface area contributed by atoms with Crippen molar-refractivity contribution >= 4 is 35.4 Å². The maximum Gasteiger partial charge on any atom is 0.242 e. The number of hydrogen-bond donors (Lipinski definition) is 9. The second-order valence-electron chi connectivity index (χ2n) is 15.4. The monoisotopic (exact) mass is 810 g/mol. The highest BCUT2D eigenvalue weighted by molar-refractivity contribution is 5.88. The molecule has 0 aromatic heterocycles. The van der Waals surface area contributed by atoms with Gasteiger partial charge in [-0.2, -0.15) is 0 Å². The normalized spacial score (nSPS) is 12.6. The summed E-state index contributed by atoms with van der Waals surface area (Å²) in [6, 6.07) is -1.79. The Bertz CT molecular complexity index is 1080. The number of carbonyl (C=O) groups is 6. The van der Waals surface area contributed by atoms with Gasteiger partial charge in [0.05, 0.1) is 0 Å². The van der Waals surface area contributed by atoms with Crippen molar-refractivity contribution in [2.24, 2.45) is 22.9 Å². The third kappa shape index (κ3) is 32.4. The Morgan fingerprint density at radius 1 is 0.404 bits per heavy atom. The Kier molecular flexibility index (Phi) is 36.0. The van der Waals surface area contributed by atoms with E-state index in [4.69, 9.17) is 22.9 Å². The topological polar surface area (TPSA) is 267 Å². The van der Waals surface area contributed by atoms with E-state index in [1.807, 2.05) is 0 Å². The van der Waals surface area contributed by atoms with E-state index in [9.17, 15) is 28.8 Å². The van der Waals surface area contributed by atoms with Crippen LogP contribution in [0.5, 0.6) is 0 Å². The first-order valence-corrected chi connectivity index (χ1v) is 22.4. The number of unbranched alkanes of at least 4 members (excludes halogenated alkanes) is 15. The summed E-state index contributed by atoms with van der Waals surface area (Å²) >= 11 is 0. The number of nitrogens with one attached hydrogen (secondary N) is 5. The number of amides is 6. The molecule has 15 heteroatoms. The van der Waals surface area contributed by atoms with Gasteiger partial charge in [0.15, 0.2) is 0 Å². The molecule has 0 rings (SSSR count). The molecular formula is C42H83N9O6. The Morgan fingerprint density at radius 3 is 1.07 bits per heavy atom. The van der Waals surface area contributed by atoms with Crippen molar-refractivity contribution in [1.29, 1.82) is 0 Å². The van der Waals surface area contributed by atoms with Gasteiger partial charge in [-0.15, -0.1) is 0 Å². The molecule has 0 aliphatic heterocycles. The van der Waals surface area contributed by atoms with Crippen LogP contribution in [0.15, 0.2) is 0 Å². The zero-order chi connectivity index (χ0) is 42.4. The first-order chi connectivity index (χ1) is 27.6. The van der Waals surface area contributed by atoms with Crippen molar-refractivity contribution in [1.82, 2.24) is 26.6 Å². The number of nitrogens with two attached hydrogens (primary N) is 4. The predicted molar refractivity (Wildman–Crippen MR) is 229 cm³/mol. The summed E-state index contributed by atoms with van der Waals surface area (Å²) in [5.74, 6) is -1.24. The van der Waals surface area contributed by atoms with Gasteiger partial charge in [0.25, 0.3) is 0 Å². The van der Waals surface area contributed by atoms with E-state index in [1.54, 1.807) is 0 Å². The zero-order valence-electron chi connectivity index (χ0n) is 35.6. The van der Waals surface area contributed by atoms with E-state index in [0.29, 0.717) is 84.1 Å². The Morgan fingerprint density at radius 2 is 0.719 bits per heavy atom. The van der Waals surface area contributed by atoms with Crippen LogP contribution in [0.4, 0.5) is 0 Å². The van der Waals surface area contributed by atoms with Crippen molar-refractivity contribution in [3.63, 3.8) is 0 Å². The van der Waals surface area contributed by atoms with E-state index in [-0.39, 0.29) is 29.5 Å². The molecule has 0 aromatic carbocycles. The molecule has 0 aliphatic rings. The van der Waals surface area contributed by atoms with Gasteiger partial charge < -0.3 is 49.5 Å². The van der Waals surface area contributed by atoms with Crippen LogP contribution in [0.1, 0.15) is 180 Å². The molecule has 0 saturated heterocycles. The summed E-state index contributed by atoms with van der Waals surface area (Å²) in [6.45, 7) is 4.82. The molecule has 332 valence electrons. The van der Waals surface area contributed by atoms with E-state index in [2.05, 4.69) is 33.5 Å². The minimum Gasteiger partial charge on any atom is -0.368 e. The first kappa shape index (κ1) is 53.7. The maximum atomic E-state index is 13.0. The third-order valence-electron chi connectivity index (χ3n) is 10.1. The predicted octanol–water partition coefficient (Wildman–Crippen LogP) is 3.59. The number of carbonyl (C=O) groups excluding carboxylic acids is 6. The molecule has 3 atom stereocenters.